The lowest BCUT2D eigenvalue weighted by atomic mass is 10.2. The molecule has 1 atom stereocenters. The van der Waals surface area contributed by atoms with E-state index in [0.717, 1.165) is 0 Å². The van der Waals surface area contributed by atoms with E-state index in [9.17, 15) is 9.59 Å². The second-order valence-corrected chi connectivity index (χ2v) is 3.32. The van der Waals surface area contributed by atoms with Gasteiger partial charge in [-0.1, -0.05) is 0 Å². The second-order valence-electron chi connectivity index (χ2n) is 3.32. The smallest absolute Gasteiger partial charge is 0.327 e. The molecule has 1 rings (SSSR count). The largest absolute Gasteiger partial charge is 0.480 e. The lowest BCUT2D eigenvalue weighted by Crippen LogP contribution is -2.40. The van der Waals surface area contributed by atoms with Crippen molar-refractivity contribution < 1.29 is 14.7 Å². The van der Waals surface area contributed by atoms with Crippen LogP contribution in [0, 0.1) is 23.7 Å². The molecule has 0 aliphatic carbocycles. The fourth-order valence-corrected chi connectivity index (χ4v) is 1.14. The normalized spacial score (nSPS) is 10.8. The molecule has 1 amide bonds. The van der Waals surface area contributed by atoms with Gasteiger partial charge in [-0.25, -0.2) is 9.78 Å². The first-order chi connectivity index (χ1) is 8.58. The fourth-order valence-electron chi connectivity index (χ4n) is 1.14. The molecule has 0 saturated carbocycles. The van der Waals surface area contributed by atoms with Crippen molar-refractivity contribution in [3.05, 3.63) is 29.6 Å². The van der Waals surface area contributed by atoms with E-state index in [1.165, 1.54) is 18.3 Å². The van der Waals surface area contributed by atoms with Crippen LogP contribution in [0.1, 0.15) is 22.5 Å². The number of carboxylic acid groups (broad SMARTS) is 1. The van der Waals surface area contributed by atoms with Crippen molar-refractivity contribution in [3.8, 4) is 18.4 Å². The van der Waals surface area contributed by atoms with Gasteiger partial charge in [0.15, 0.2) is 0 Å². The second kappa shape index (κ2) is 6.02. The highest BCUT2D eigenvalue weighted by Crippen LogP contribution is 2.00. The number of nitrogens with zero attached hydrogens (tertiary/aromatic N) is 2. The van der Waals surface area contributed by atoms with Crippen molar-refractivity contribution in [2.75, 3.05) is 0 Å². The van der Waals surface area contributed by atoms with Crippen LogP contribution in [0.4, 0.5) is 0 Å². The summed E-state index contributed by atoms with van der Waals surface area (Å²) in [4.78, 5) is 26.2. The molecule has 6 heteroatoms. The molecule has 1 unspecified atom stereocenters. The Kier molecular flexibility index (Phi) is 4.42. The molecular weight excluding hydrogens is 234 g/mol. The number of nitriles is 1. The molecule has 1 aromatic heterocycles. The number of terminal acetylenes is 1. The highest BCUT2D eigenvalue weighted by molar-refractivity contribution is 5.95. The molecule has 0 aromatic carbocycles. The molecule has 1 heterocycles. The number of rotatable bonds is 4. The van der Waals surface area contributed by atoms with Gasteiger partial charge in [0.2, 0.25) is 0 Å². The first kappa shape index (κ1) is 13.2. The van der Waals surface area contributed by atoms with Crippen LogP contribution in [0.3, 0.4) is 0 Å². The summed E-state index contributed by atoms with van der Waals surface area (Å²) in [6, 6.07) is 3.46. The van der Waals surface area contributed by atoms with Gasteiger partial charge in [0.05, 0.1) is 5.56 Å². The lowest BCUT2D eigenvalue weighted by Gasteiger charge is -2.11. The van der Waals surface area contributed by atoms with Crippen molar-refractivity contribution in [2.45, 2.75) is 12.5 Å². The minimum Gasteiger partial charge on any atom is -0.480 e. The Morgan fingerprint density at radius 3 is 2.72 bits per heavy atom. The van der Waals surface area contributed by atoms with Crippen LogP contribution in [-0.2, 0) is 4.79 Å². The van der Waals surface area contributed by atoms with Crippen LogP contribution >= 0.6 is 0 Å². The minimum atomic E-state index is -1.21. The van der Waals surface area contributed by atoms with Gasteiger partial charge in [0, 0.05) is 12.6 Å². The van der Waals surface area contributed by atoms with Gasteiger partial charge in [-0.2, -0.15) is 5.26 Å². The van der Waals surface area contributed by atoms with Crippen molar-refractivity contribution in [3.63, 3.8) is 0 Å². The number of pyridine rings is 1. The topological polar surface area (TPSA) is 103 Å². The first-order valence-corrected chi connectivity index (χ1v) is 4.91. The third-order valence-corrected chi connectivity index (χ3v) is 2.05. The maximum absolute atomic E-state index is 11.6. The summed E-state index contributed by atoms with van der Waals surface area (Å²) in [5, 5.41) is 19.6. The lowest BCUT2D eigenvalue weighted by molar-refractivity contribution is -0.139. The minimum absolute atomic E-state index is 0.0253. The Morgan fingerprint density at radius 2 is 2.28 bits per heavy atom. The molecule has 2 N–H and O–H groups in total. The van der Waals surface area contributed by atoms with E-state index in [2.05, 4.69) is 16.2 Å². The molecule has 90 valence electrons. The van der Waals surface area contributed by atoms with Gasteiger partial charge in [-0.3, -0.25) is 4.79 Å². The quantitative estimate of drug-likeness (QED) is 0.733. The highest BCUT2D eigenvalue weighted by Gasteiger charge is 2.20. The van der Waals surface area contributed by atoms with Crippen LogP contribution in [0.15, 0.2) is 18.3 Å². The zero-order valence-corrected chi connectivity index (χ0v) is 9.25. The number of hydrogen-bond donors (Lipinski definition) is 2. The predicted octanol–water partition coefficient (Wildman–Crippen LogP) is 0.160. The van der Waals surface area contributed by atoms with Crippen LogP contribution in [-0.4, -0.2) is 28.0 Å². The first-order valence-electron chi connectivity index (χ1n) is 4.91. The summed E-state index contributed by atoms with van der Waals surface area (Å²) in [7, 11) is 0. The number of aliphatic carboxylic acids is 1. The third kappa shape index (κ3) is 3.32. The third-order valence-electron chi connectivity index (χ3n) is 2.05. The summed E-state index contributed by atoms with van der Waals surface area (Å²) in [5.74, 6) is 0.301. The molecule has 0 saturated heterocycles. The van der Waals surface area contributed by atoms with E-state index in [4.69, 9.17) is 16.8 Å². The van der Waals surface area contributed by atoms with Gasteiger partial charge < -0.3 is 10.4 Å². The molecule has 0 radical (unpaired) electrons. The Morgan fingerprint density at radius 1 is 1.56 bits per heavy atom. The van der Waals surface area contributed by atoms with Gasteiger partial charge in [0.25, 0.3) is 5.91 Å². The van der Waals surface area contributed by atoms with Gasteiger partial charge in [0.1, 0.15) is 17.8 Å². The molecule has 18 heavy (non-hydrogen) atoms. The molecular formula is C12H9N3O3. The average molecular weight is 243 g/mol. The maximum Gasteiger partial charge on any atom is 0.327 e. The number of amides is 1. The Labute approximate surface area is 103 Å². The fraction of sp³-hybridized carbons (Fsp3) is 0.167. The molecule has 6 nitrogen and oxygen atoms in total. The van der Waals surface area contributed by atoms with Crippen LogP contribution < -0.4 is 5.32 Å². The van der Waals surface area contributed by atoms with Crippen LogP contribution in [0.2, 0.25) is 0 Å². The number of carbonyl (C=O) groups is 2. The molecule has 0 fully saturated rings. The van der Waals surface area contributed by atoms with Crippen molar-refractivity contribution in [2.24, 2.45) is 0 Å². The Hall–Kier alpha value is -2.86. The number of aromatic nitrogens is 1. The summed E-state index contributed by atoms with van der Waals surface area (Å²) < 4.78 is 0. The molecule has 1 aromatic rings. The van der Waals surface area contributed by atoms with Crippen LogP contribution in [0.5, 0.6) is 0 Å². The monoisotopic (exact) mass is 243 g/mol. The Bertz CT molecular complexity index is 537. The summed E-state index contributed by atoms with van der Waals surface area (Å²) in [6.45, 7) is 0. The van der Waals surface area contributed by atoms with E-state index >= 15 is 0 Å². The number of carboxylic acids is 1. The summed E-state index contributed by atoms with van der Waals surface area (Å²) in [6.07, 6.45) is 6.12. The van der Waals surface area contributed by atoms with E-state index in [-0.39, 0.29) is 12.1 Å². The van der Waals surface area contributed by atoms with Gasteiger partial charge in [-0.05, 0) is 12.1 Å². The summed E-state index contributed by atoms with van der Waals surface area (Å²) in [5.41, 5.74) is 0.335. The number of carbonyl (C=O) groups excluding carboxylic acids is 1. The van der Waals surface area contributed by atoms with E-state index < -0.39 is 17.9 Å². The van der Waals surface area contributed by atoms with Gasteiger partial charge in [-0.15, -0.1) is 12.3 Å². The predicted molar refractivity (Wildman–Crippen MR) is 61.3 cm³/mol. The Balaban J connectivity index is 2.78. The van der Waals surface area contributed by atoms with Crippen molar-refractivity contribution >= 4 is 11.9 Å². The SMILES string of the molecule is C#CCC(NC(=O)c1ccc(C#N)cn1)C(=O)O. The molecule has 0 aliphatic rings. The maximum atomic E-state index is 11.6. The standard InChI is InChI=1S/C12H9N3O3/c1-2-3-10(12(17)18)15-11(16)9-5-4-8(6-13)7-14-9/h1,4-5,7,10H,3H2,(H,15,16)(H,17,18). The highest BCUT2D eigenvalue weighted by atomic mass is 16.4. The zero-order valence-electron chi connectivity index (χ0n) is 9.25. The number of nitrogens with one attached hydrogen (secondary N) is 1. The van der Waals surface area contributed by atoms with E-state index in [1.807, 2.05) is 6.07 Å². The van der Waals surface area contributed by atoms with E-state index in [0.29, 0.717) is 5.56 Å². The van der Waals surface area contributed by atoms with E-state index in [1.54, 1.807) is 0 Å². The molecule has 0 aliphatic heterocycles. The molecule has 0 bridgehead atoms. The number of hydrogen-bond acceptors (Lipinski definition) is 4. The average Bonchev–Trinajstić information content (AvgIpc) is 2.38. The van der Waals surface area contributed by atoms with Gasteiger partial charge >= 0.3 is 5.97 Å². The zero-order chi connectivity index (χ0) is 13.5. The molecule has 0 spiro atoms. The van der Waals surface area contributed by atoms with Crippen molar-refractivity contribution in [1.82, 2.24) is 10.3 Å². The summed E-state index contributed by atoms with van der Waals surface area (Å²) >= 11 is 0. The van der Waals surface area contributed by atoms with Crippen LogP contribution in [0.25, 0.3) is 0 Å². The van der Waals surface area contributed by atoms with Crippen molar-refractivity contribution in [1.29, 1.82) is 5.26 Å².